The summed E-state index contributed by atoms with van der Waals surface area (Å²) < 4.78 is 0. The zero-order chi connectivity index (χ0) is 17.6. The number of aliphatic hydroxyl groups is 1. The normalized spacial score (nSPS) is 20.4. The highest BCUT2D eigenvalue weighted by atomic mass is 32.1. The average Bonchev–Trinajstić information content (AvgIpc) is 3.09. The van der Waals surface area contributed by atoms with Gasteiger partial charge in [-0.2, -0.15) is 0 Å². The maximum Gasteiger partial charge on any atom is 0.282 e. The number of carbonyl (C=O) groups is 1. The van der Waals surface area contributed by atoms with Gasteiger partial charge in [0.1, 0.15) is 5.01 Å². The van der Waals surface area contributed by atoms with Crippen LogP contribution in [0.2, 0.25) is 0 Å². The number of nitrogens with zero attached hydrogens (tertiary/aromatic N) is 2. The molecule has 1 aromatic heterocycles. The fraction of sp³-hybridized carbons (Fsp3) is 0.500. The Morgan fingerprint density at radius 1 is 1.20 bits per heavy atom. The van der Waals surface area contributed by atoms with E-state index in [1.54, 1.807) is 0 Å². The molecule has 3 rings (SSSR count). The Morgan fingerprint density at radius 2 is 1.96 bits per heavy atom. The number of benzene rings is 1. The lowest BCUT2D eigenvalue weighted by atomic mass is 9.93. The number of nitrogens with one attached hydrogen (secondary N) is 2. The van der Waals surface area contributed by atoms with E-state index in [0.29, 0.717) is 18.1 Å². The van der Waals surface area contributed by atoms with Crippen molar-refractivity contribution in [3.63, 3.8) is 0 Å². The number of rotatable bonds is 6. The van der Waals surface area contributed by atoms with Crippen LogP contribution in [0.5, 0.6) is 0 Å². The number of amides is 1. The van der Waals surface area contributed by atoms with Crippen molar-refractivity contribution in [2.75, 3.05) is 0 Å². The first-order valence-corrected chi connectivity index (χ1v) is 9.51. The molecular weight excluding hydrogens is 336 g/mol. The quantitative estimate of drug-likeness (QED) is 0.735. The molecule has 1 amide bonds. The van der Waals surface area contributed by atoms with Gasteiger partial charge in [0.05, 0.1) is 12.6 Å². The van der Waals surface area contributed by atoms with Gasteiger partial charge in [0.25, 0.3) is 5.91 Å². The molecule has 0 spiro atoms. The summed E-state index contributed by atoms with van der Waals surface area (Å²) in [5.41, 5.74) is 2.25. The number of hydrogen-bond donors (Lipinski definition) is 3. The van der Waals surface area contributed by atoms with E-state index in [0.717, 1.165) is 36.3 Å². The van der Waals surface area contributed by atoms with E-state index in [4.69, 9.17) is 0 Å². The maximum atomic E-state index is 12.2. The van der Waals surface area contributed by atoms with Crippen molar-refractivity contribution in [2.45, 2.75) is 57.8 Å². The zero-order valence-electron chi connectivity index (χ0n) is 14.4. The van der Waals surface area contributed by atoms with Gasteiger partial charge in [-0.05, 0) is 25.3 Å². The van der Waals surface area contributed by atoms with Crippen LogP contribution in [-0.2, 0) is 13.1 Å². The second-order valence-corrected chi connectivity index (χ2v) is 7.57. The molecule has 0 unspecified atom stereocenters. The summed E-state index contributed by atoms with van der Waals surface area (Å²) in [6.45, 7) is 3.04. The van der Waals surface area contributed by atoms with Crippen LogP contribution < -0.4 is 10.6 Å². The van der Waals surface area contributed by atoms with Gasteiger partial charge in [-0.25, -0.2) is 0 Å². The molecule has 0 bridgehead atoms. The van der Waals surface area contributed by atoms with Crippen LogP contribution in [0.4, 0.5) is 0 Å². The largest absolute Gasteiger partial charge is 0.392 e. The molecule has 0 saturated heterocycles. The molecule has 1 aliphatic rings. The summed E-state index contributed by atoms with van der Waals surface area (Å²) in [5, 5.41) is 25.4. The van der Waals surface area contributed by atoms with Gasteiger partial charge in [-0.1, -0.05) is 54.0 Å². The molecule has 1 fully saturated rings. The summed E-state index contributed by atoms with van der Waals surface area (Å²) in [5.74, 6) is -0.206. The fourth-order valence-electron chi connectivity index (χ4n) is 2.95. The van der Waals surface area contributed by atoms with E-state index >= 15 is 0 Å². The van der Waals surface area contributed by atoms with Gasteiger partial charge < -0.3 is 15.7 Å². The van der Waals surface area contributed by atoms with Crippen molar-refractivity contribution in [1.29, 1.82) is 0 Å². The highest BCUT2D eigenvalue weighted by molar-refractivity contribution is 7.13. The van der Waals surface area contributed by atoms with Gasteiger partial charge in [0, 0.05) is 12.6 Å². The average molecular weight is 360 g/mol. The second kappa shape index (κ2) is 8.51. The summed E-state index contributed by atoms with van der Waals surface area (Å²) >= 11 is 1.29. The molecule has 0 aliphatic heterocycles. The van der Waals surface area contributed by atoms with Crippen LogP contribution in [0.25, 0.3) is 0 Å². The SMILES string of the molecule is Cc1ccc(CNC(=O)c2nnc(CN[C@@H]3CCCC[C@@H]3O)s2)cc1. The Balaban J connectivity index is 1.48. The number of aryl methyl sites for hydroxylation is 1. The second-order valence-electron chi connectivity index (χ2n) is 6.51. The summed E-state index contributed by atoms with van der Waals surface area (Å²) in [4.78, 5) is 12.2. The van der Waals surface area contributed by atoms with Crippen molar-refractivity contribution in [2.24, 2.45) is 0 Å². The summed E-state index contributed by atoms with van der Waals surface area (Å²) in [7, 11) is 0. The van der Waals surface area contributed by atoms with Crippen LogP contribution in [0.15, 0.2) is 24.3 Å². The van der Waals surface area contributed by atoms with Gasteiger partial charge >= 0.3 is 0 Å². The molecule has 7 heteroatoms. The Kier molecular flexibility index (Phi) is 6.12. The van der Waals surface area contributed by atoms with E-state index < -0.39 is 0 Å². The molecule has 3 N–H and O–H groups in total. The van der Waals surface area contributed by atoms with Crippen LogP contribution in [-0.4, -0.2) is 33.4 Å². The van der Waals surface area contributed by atoms with Gasteiger partial charge in [-0.3, -0.25) is 4.79 Å². The molecule has 1 aromatic carbocycles. The van der Waals surface area contributed by atoms with Crippen LogP contribution in [0, 0.1) is 6.92 Å². The third-order valence-electron chi connectivity index (χ3n) is 4.48. The third-order valence-corrected chi connectivity index (χ3v) is 5.40. The van der Waals surface area contributed by atoms with E-state index in [1.807, 2.05) is 31.2 Å². The molecule has 1 aliphatic carbocycles. The Labute approximate surface area is 151 Å². The number of carbonyl (C=O) groups excluding carboxylic acids is 1. The molecule has 6 nitrogen and oxygen atoms in total. The Bertz CT molecular complexity index is 701. The maximum absolute atomic E-state index is 12.2. The number of aromatic nitrogens is 2. The minimum absolute atomic E-state index is 0.108. The highest BCUT2D eigenvalue weighted by Crippen LogP contribution is 2.19. The molecule has 1 saturated carbocycles. The topological polar surface area (TPSA) is 87.1 Å². The predicted molar refractivity (Wildman–Crippen MR) is 97.4 cm³/mol. The van der Waals surface area contributed by atoms with E-state index in [2.05, 4.69) is 20.8 Å². The first-order chi connectivity index (χ1) is 12.1. The van der Waals surface area contributed by atoms with Crippen molar-refractivity contribution in [3.05, 3.63) is 45.4 Å². The predicted octanol–water partition coefficient (Wildman–Crippen LogP) is 2.17. The Morgan fingerprint density at radius 3 is 2.72 bits per heavy atom. The minimum Gasteiger partial charge on any atom is -0.392 e. The molecule has 2 atom stereocenters. The van der Waals surface area contributed by atoms with Crippen molar-refractivity contribution in [3.8, 4) is 0 Å². The Hall–Kier alpha value is -1.83. The van der Waals surface area contributed by atoms with Gasteiger partial charge in [0.15, 0.2) is 0 Å². The summed E-state index contributed by atoms with van der Waals surface area (Å²) in [6, 6.07) is 8.16. The lowest BCUT2D eigenvalue weighted by Crippen LogP contribution is -2.41. The smallest absolute Gasteiger partial charge is 0.282 e. The monoisotopic (exact) mass is 360 g/mol. The molecule has 134 valence electrons. The van der Waals surface area contributed by atoms with Crippen molar-refractivity contribution >= 4 is 17.2 Å². The zero-order valence-corrected chi connectivity index (χ0v) is 15.2. The van der Waals surface area contributed by atoms with E-state index in [1.165, 1.54) is 16.9 Å². The van der Waals surface area contributed by atoms with Crippen molar-refractivity contribution < 1.29 is 9.90 Å². The molecule has 1 heterocycles. The highest BCUT2D eigenvalue weighted by Gasteiger charge is 2.23. The lowest BCUT2D eigenvalue weighted by Gasteiger charge is -2.28. The lowest BCUT2D eigenvalue weighted by molar-refractivity contribution is 0.0902. The molecule has 25 heavy (non-hydrogen) atoms. The number of hydrogen-bond acceptors (Lipinski definition) is 6. The number of aliphatic hydroxyl groups excluding tert-OH is 1. The molecule has 2 aromatic rings. The summed E-state index contributed by atoms with van der Waals surface area (Å²) in [6.07, 6.45) is 3.75. The minimum atomic E-state index is -0.293. The molecular formula is C18H24N4O2S. The standard InChI is InChI=1S/C18H24N4O2S/c1-12-6-8-13(9-7-12)10-20-17(24)18-22-21-16(25-18)11-19-14-4-2-3-5-15(14)23/h6-9,14-15,19,23H,2-5,10-11H2,1H3,(H,20,24)/t14-,15+/m1/s1. The van der Waals surface area contributed by atoms with E-state index in [9.17, 15) is 9.90 Å². The fourth-order valence-corrected chi connectivity index (χ4v) is 3.66. The van der Waals surface area contributed by atoms with Gasteiger partial charge in [0.2, 0.25) is 5.01 Å². The molecule has 0 radical (unpaired) electrons. The third kappa shape index (κ3) is 5.07. The van der Waals surface area contributed by atoms with Crippen molar-refractivity contribution in [1.82, 2.24) is 20.8 Å². The first kappa shape index (κ1) is 18.0. The van der Waals surface area contributed by atoms with Crippen LogP contribution >= 0.6 is 11.3 Å². The van der Waals surface area contributed by atoms with E-state index in [-0.39, 0.29) is 18.1 Å². The van der Waals surface area contributed by atoms with Crippen LogP contribution in [0.3, 0.4) is 0 Å². The first-order valence-electron chi connectivity index (χ1n) is 8.69. The van der Waals surface area contributed by atoms with Crippen LogP contribution in [0.1, 0.15) is 51.6 Å². The van der Waals surface area contributed by atoms with Gasteiger partial charge in [-0.15, -0.1) is 10.2 Å².